The second-order valence-electron chi connectivity index (χ2n) is 9.85. The SMILES string of the molecule is CCn1cncc1Cn1c(Oc2ccc(-c3cccc(OCc4ccc(C#N)cc4F)n3)cc2)nc2ccc(C(=O)O)cc21. The second-order valence-corrected chi connectivity index (χ2v) is 9.85. The molecule has 0 fully saturated rings. The van der Waals surface area contributed by atoms with E-state index in [4.69, 9.17) is 14.7 Å². The van der Waals surface area contributed by atoms with Gasteiger partial charge >= 0.3 is 12.0 Å². The fraction of sp³-hybridized carbons (Fsp3) is 0.121. The number of benzene rings is 3. The van der Waals surface area contributed by atoms with Crippen molar-refractivity contribution in [3.8, 4) is 35.0 Å². The molecule has 44 heavy (non-hydrogen) atoms. The summed E-state index contributed by atoms with van der Waals surface area (Å²) in [6.07, 6.45) is 3.51. The van der Waals surface area contributed by atoms with Crippen LogP contribution in [0.5, 0.6) is 17.6 Å². The van der Waals surface area contributed by atoms with E-state index in [1.54, 1.807) is 48.9 Å². The number of pyridine rings is 1. The maximum absolute atomic E-state index is 14.2. The Morgan fingerprint density at radius 3 is 2.64 bits per heavy atom. The molecule has 218 valence electrons. The summed E-state index contributed by atoms with van der Waals surface area (Å²) in [6, 6.07) is 23.8. The van der Waals surface area contributed by atoms with Crippen LogP contribution in [-0.4, -0.2) is 35.2 Å². The largest absolute Gasteiger partial charge is 0.478 e. The van der Waals surface area contributed by atoms with Crippen molar-refractivity contribution in [1.82, 2.24) is 24.1 Å². The number of aromatic carboxylic acids is 1. The summed E-state index contributed by atoms with van der Waals surface area (Å²) in [7, 11) is 0. The number of aryl methyl sites for hydroxylation is 1. The van der Waals surface area contributed by atoms with Gasteiger partial charge in [0.15, 0.2) is 0 Å². The van der Waals surface area contributed by atoms with Crippen LogP contribution in [0.25, 0.3) is 22.3 Å². The zero-order chi connectivity index (χ0) is 30.6. The van der Waals surface area contributed by atoms with E-state index < -0.39 is 11.8 Å². The molecule has 1 N–H and O–H groups in total. The Balaban J connectivity index is 1.23. The summed E-state index contributed by atoms with van der Waals surface area (Å²) in [5, 5.41) is 18.5. The van der Waals surface area contributed by atoms with Crippen molar-refractivity contribution in [2.24, 2.45) is 0 Å². The number of carboxylic acid groups (broad SMARTS) is 1. The van der Waals surface area contributed by atoms with Crippen molar-refractivity contribution in [1.29, 1.82) is 5.26 Å². The molecule has 0 aliphatic heterocycles. The van der Waals surface area contributed by atoms with E-state index in [9.17, 15) is 14.3 Å². The molecule has 11 heteroatoms. The molecule has 0 aliphatic carbocycles. The minimum absolute atomic E-state index is 0.0330. The van der Waals surface area contributed by atoms with Crippen molar-refractivity contribution in [2.75, 3.05) is 0 Å². The van der Waals surface area contributed by atoms with Crippen LogP contribution in [0, 0.1) is 17.1 Å². The number of halogens is 1. The fourth-order valence-electron chi connectivity index (χ4n) is 4.73. The highest BCUT2D eigenvalue weighted by Crippen LogP contribution is 2.30. The van der Waals surface area contributed by atoms with Gasteiger partial charge in [0.25, 0.3) is 0 Å². The number of carbonyl (C=O) groups is 1. The van der Waals surface area contributed by atoms with Gasteiger partial charge in [-0.05, 0) is 67.6 Å². The Labute approximate surface area is 251 Å². The molecule has 3 aromatic heterocycles. The quantitative estimate of drug-likeness (QED) is 0.194. The smallest absolute Gasteiger partial charge is 0.335 e. The molecular weight excluding hydrogens is 563 g/mol. The first kappa shape index (κ1) is 28.1. The molecule has 0 saturated carbocycles. The first-order valence-corrected chi connectivity index (χ1v) is 13.7. The number of imidazole rings is 2. The zero-order valence-electron chi connectivity index (χ0n) is 23.5. The number of aromatic nitrogens is 5. The number of hydrogen-bond donors (Lipinski definition) is 1. The molecule has 6 rings (SSSR count). The predicted molar refractivity (Wildman–Crippen MR) is 159 cm³/mol. The molecule has 0 saturated heterocycles. The molecule has 0 aliphatic rings. The van der Waals surface area contributed by atoms with Crippen LogP contribution in [0.4, 0.5) is 4.39 Å². The molecule has 0 unspecified atom stereocenters. The lowest BCUT2D eigenvalue weighted by Crippen LogP contribution is -2.08. The third-order valence-corrected chi connectivity index (χ3v) is 7.06. The average Bonchev–Trinajstić information content (AvgIpc) is 3.64. The maximum atomic E-state index is 14.2. The topological polar surface area (TPSA) is 128 Å². The molecular formula is C33H25FN6O4. The van der Waals surface area contributed by atoms with Gasteiger partial charge in [0.2, 0.25) is 5.88 Å². The molecule has 3 heterocycles. The number of nitriles is 1. The summed E-state index contributed by atoms with van der Waals surface area (Å²) in [5.74, 6) is -0.688. The summed E-state index contributed by atoms with van der Waals surface area (Å²) < 4.78 is 30.0. The van der Waals surface area contributed by atoms with Gasteiger partial charge in [-0.25, -0.2) is 19.2 Å². The molecule has 0 radical (unpaired) electrons. The molecule has 10 nitrogen and oxygen atoms in total. The molecule has 6 aromatic rings. The minimum Gasteiger partial charge on any atom is -0.478 e. The molecule has 0 spiro atoms. The van der Waals surface area contributed by atoms with E-state index in [1.165, 1.54) is 24.3 Å². The lowest BCUT2D eigenvalue weighted by Gasteiger charge is -2.12. The third kappa shape index (κ3) is 5.82. The van der Waals surface area contributed by atoms with Gasteiger partial charge in [0.1, 0.15) is 18.2 Å². The third-order valence-electron chi connectivity index (χ3n) is 7.06. The normalized spacial score (nSPS) is 10.9. The van der Waals surface area contributed by atoms with E-state index in [0.717, 1.165) is 17.8 Å². The lowest BCUT2D eigenvalue weighted by atomic mass is 10.1. The second kappa shape index (κ2) is 12.1. The van der Waals surface area contributed by atoms with Crippen molar-refractivity contribution >= 4 is 17.0 Å². The number of carboxylic acids is 1. The van der Waals surface area contributed by atoms with Gasteiger partial charge < -0.3 is 19.1 Å². The van der Waals surface area contributed by atoms with Crippen LogP contribution < -0.4 is 9.47 Å². The standard InChI is InChI=1S/C33H25FN6O4/c1-2-39-20-36-17-25(39)18-40-30-15-23(32(41)42)10-13-29(30)38-33(40)44-26-11-8-22(9-12-26)28-4-3-5-31(37-28)43-19-24-7-6-21(16-35)14-27(24)34/h3-15,17,20H,2,18-19H2,1H3,(H,41,42). The Kier molecular flexibility index (Phi) is 7.71. The van der Waals surface area contributed by atoms with Crippen molar-refractivity contribution in [3.05, 3.63) is 120 Å². The predicted octanol–water partition coefficient (Wildman–Crippen LogP) is 6.44. The average molecular weight is 589 g/mol. The van der Waals surface area contributed by atoms with E-state index in [-0.39, 0.29) is 17.7 Å². The summed E-state index contributed by atoms with van der Waals surface area (Å²) in [6.45, 7) is 3.09. The summed E-state index contributed by atoms with van der Waals surface area (Å²) in [4.78, 5) is 25.1. The van der Waals surface area contributed by atoms with E-state index >= 15 is 0 Å². The van der Waals surface area contributed by atoms with Crippen molar-refractivity contribution in [2.45, 2.75) is 26.6 Å². The molecule has 0 atom stereocenters. The lowest BCUT2D eigenvalue weighted by molar-refractivity contribution is 0.0697. The maximum Gasteiger partial charge on any atom is 0.335 e. The van der Waals surface area contributed by atoms with Gasteiger partial charge in [-0.15, -0.1) is 0 Å². The van der Waals surface area contributed by atoms with E-state index in [1.807, 2.05) is 40.3 Å². The minimum atomic E-state index is -1.03. The van der Waals surface area contributed by atoms with Gasteiger partial charge in [-0.2, -0.15) is 10.2 Å². The highest BCUT2D eigenvalue weighted by Gasteiger charge is 2.17. The van der Waals surface area contributed by atoms with Gasteiger partial charge in [0, 0.05) is 29.9 Å². The number of nitrogens with zero attached hydrogens (tertiary/aromatic N) is 6. The molecule has 3 aromatic carbocycles. The van der Waals surface area contributed by atoms with Crippen LogP contribution in [-0.2, 0) is 19.7 Å². The van der Waals surface area contributed by atoms with Crippen LogP contribution in [0.1, 0.15) is 34.1 Å². The van der Waals surface area contributed by atoms with Crippen LogP contribution in [0.3, 0.4) is 0 Å². The Bertz CT molecular complexity index is 2030. The summed E-state index contributed by atoms with van der Waals surface area (Å²) >= 11 is 0. The number of rotatable bonds is 10. The first-order chi connectivity index (χ1) is 21.4. The van der Waals surface area contributed by atoms with Gasteiger partial charge in [0.05, 0.1) is 52.5 Å². The Hall–Kier alpha value is -6.02. The van der Waals surface area contributed by atoms with Crippen LogP contribution in [0.2, 0.25) is 0 Å². The highest BCUT2D eigenvalue weighted by atomic mass is 19.1. The summed E-state index contributed by atoms with van der Waals surface area (Å²) in [5.41, 5.74) is 4.32. The fourth-order valence-corrected chi connectivity index (χ4v) is 4.73. The van der Waals surface area contributed by atoms with Gasteiger partial charge in [-0.1, -0.05) is 12.1 Å². The molecule has 0 bridgehead atoms. The van der Waals surface area contributed by atoms with Crippen molar-refractivity contribution < 1.29 is 23.8 Å². The zero-order valence-corrected chi connectivity index (χ0v) is 23.5. The first-order valence-electron chi connectivity index (χ1n) is 13.7. The monoisotopic (exact) mass is 588 g/mol. The van der Waals surface area contributed by atoms with Crippen LogP contribution >= 0.6 is 0 Å². The number of hydrogen-bond acceptors (Lipinski definition) is 7. The Morgan fingerprint density at radius 2 is 1.89 bits per heavy atom. The van der Waals surface area contributed by atoms with E-state index in [2.05, 4.69) is 15.0 Å². The van der Waals surface area contributed by atoms with Crippen LogP contribution in [0.15, 0.2) is 91.4 Å². The van der Waals surface area contributed by atoms with Crippen molar-refractivity contribution in [3.63, 3.8) is 0 Å². The Morgan fingerprint density at radius 1 is 1.05 bits per heavy atom. The van der Waals surface area contributed by atoms with Gasteiger partial charge in [-0.3, -0.25) is 4.57 Å². The molecule has 0 amide bonds. The van der Waals surface area contributed by atoms with E-state index in [0.29, 0.717) is 46.5 Å². The number of fused-ring (bicyclic) bond motifs is 1. The number of ether oxygens (including phenoxy) is 2. The highest BCUT2D eigenvalue weighted by molar-refractivity contribution is 5.92.